The van der Waals surface area contributed by atoms with Crippen molar-refractivity contribution in [1.29, 1.82) is 0 Å². The number of amides is 1. The third-order valence-electron chi connectivity index (χ3n) is 4.69. The monoisotopic (exact) mass is 383 g/mol. The number of thiophene rings is 1. The van der Waals surface area contributed by atoms with E-state index in [0.717, 1.165) is 43.2 Å². The van der Waals surface area contributed by atoms with E-state index < -0.39 is 0 Å². The Labute approximate surface area is 166 Å². The summed E-state index contributed by atoms with van der Waals surface area (Å²) in [4.78, 5) is 19.4. The van der Waals surface area contributed by atoms with E-state index in [9.17, 15) is 4.79 Å². The molecule has 0 bridgehead atoms. The molecule has 5 heteroatoms. The van der Waals surface area contributed by atoms with Gasteiger partial charge in [-0.25, -0.2) is 0 Å². The van der Waals surface area contributed by atoms with Gasteiger partial charge in [0, 0.05) is 53.4 Å². The lowest BCUT2D eigenvalue weighted by Gasteiger charge is -2.34. The van der Waals surface area contributed by atoms with Crippen LogP contribution >= 0.6 is 11.3 Å². The minimum atomic E-state index is -0.0962. The summed E-state index contributed by atoms with van der Waals surface area (Å²) in [6.45, 7) is 8.71. The van der Waals surface area contributed by atoms with Crippen LogP contribution in [0.5, 0.6) is 0 Å². The first-order valence-electron chi connectivity index (χ1n) is 9.61. The van der Waals surface area contributed by atoms with Crippen molar-refractivity contribution in [3.8, 4) is 0 Å². The Morgan fingerprint density at radius 2 is 1.81 bits per heavy atom. The molecule has 2 aromatic rings. The maximum absolute atomic E-state index is 12.2. The Morgan fingerprint density at radius 3 is 2.48 bits per heavy atom. The van der Waals surface area contributed by atoms with Gasteiger partial charge in [-0.3, -0.25) is 4.79 Å². The topological polar surface area (TPSA) is 35.6 Å². The standard InChI is InChI=1S/C22H29N3OS/c1-17(2)16-21-9-8-20(27-21)10-11-22(26)23-18-4-6-19(7-5-18)25-14-12-24(3)13-15-25/h4-11,17H,12-16H2,1-3H3,(H,23,26). The van der Waals surface area contributed by atoms with E-state index in [4.69, 9.17) is 0 Å². The molecule has 1 amide bonds. The number of hydrogen-bond donors (Lipinski definition) is 1. The Balaban J connectivity index is 1.52. The van der Waals surface area contributed by atoms with Crippen LogP contribution in [0.1, 0.15) is 23.6 Å². The Kier molecular flexibility index (Phi) is 6.69. The third kappa shape index (κ3) is 5.94. The summed E-state index contributed by atoms with van der Waals surface area (Å²) in [5.41, 5.74) is 2.04. The lowest BCUT2D eigenvalue weighted by molar-refractivity contribution is -0.111. The van der Waals surface area contributed by atoms with Crippen LogP contribution in [0.25, 0.3) is 6.08 Å². The van der Waals surface area contributed by atoms with Crippen molar-refractivity contribution in [1.82, 2.24) is 4.90 Å². The van der Waals surface area contributed by atoms with Crippen LogP contribution < -0.4 is 10.2 Å². The van der Waals surface area contributed by atoms with E-state index in [-0.39, 0.29) is 5.91 Å². The SMILES string of the molecule is CC(C)Cc1ccc(C=CC(=O)Nc2ccc(N3CCN(C)CC3)cc2)s1. The molecular formula is C22H29N3OS. The predicted octanol–water partition coefficient (Wildman–Crippen LogP) is 4.35. The molecule has 1 aliphatic rings. The number of carbonyl (C=O) groups is 1. The molecule has 1 aromatic heterocycles. The first-order valence-corrected chi connectivity index (χ1v) is 10.4. The maximum atomic E-state index is 12.2. The fourth-order valence-electron chi connectivity index (χ4n) is 3.16. The van der Waals surface area contributed by atoms with Crippen molar-refractivity contribution < 1.29 is 4.79 Å². The van der Waals surface area contributed by atoms with Gasteiger partial charge in [0.1, 0.15) is 0 Å². The summed E-state index contributed by atoms with van der Waals surface area (Å²) < 4.78 is 0. The molecule has 0 spiro atoms. The fourth-order valence-corrected chi connectivity index (χ4v) is 4.29. The highest BCUT2D eigenvalue weighted by atomic mass is 32.1. The summed E-state index contributed by atoms with van der Waals surface area (Å²) in [5, 5.41) is 2.94. The molecule has 144 valence electrons. The van der Waals surface area contributed by atoms with Gasteiger partial charge < -0.3 is 15.1 Å². The van der Waals surface area contributed by atoms with Gasteiger partial charge in [-0.15, -0.1) is 11.3 Å². The first kappa shape index (κ1) is 19.6. The van der Waals surface area contributed by atoms with Crippen LogP contribution in [-0.4, -0.2) is 44.0 Å². The van der Waals surface area contributed by atoms with Gasteiger partial charge >= 0.3 is 0 Å². The molecule has 4 nitrogen and oxygen atoms in total. The summed E-state index contributed by atoms with van der Waals surface area (Å²) in [6, 6.07) is 12.4. The average Bonchev–Trinajstić information content (AvgIpc) is 3.08. The smallest absolute Gasteiger partial charge is 0.248 e. The summed E-state index contributed by atoms with van der Waals surface area (Å²) in [7, 11) is 2.16. The number of nitrogens with one attached hydrogen (secondary N) is 1. The quantitative estimate of drug-likeness (QED) is 0.753. The van der Waals surface area contributed by atoms with Crippen LogP contribution in [0.3, 0.4) is 0 Å². The fraction of sp³-hybridized carbons (Fsp3) is 0.409. The van der Waals surface area contributed by atoms with E-state index in [0.29, 0.717) is 5.92 Å². The molecule has 1 N–H and O–H groups in total. The summed E-state index contributed by atoms with van der Waals surface area (Å²) in [5.74, 6) is 0.554. The molecule has 0 unspecified atom stereocenters. The number of anilines is 2. The number of benzene rings is 1. The molecule has 1 aliphatic heterocycles. The van der Waals surface area contributed by atoms with Crippen molar-refractivity contribution in [3.05, 3.63) is 52.2 Å². The minimum Gasteiger partial charge on any atom is -0.369 e. The van der Waals surface area contributed by atoms with Crippen LogP contribution in [0.15, 0.2) is 42.5 Å². The van der Waals surface area contributed by atoms with Crippen LogP contribution in [0, 0.1) is 5.92 Å². The van der Waals surface area contributed by atoms with Gasteiger partial charge in [-0.1, -0.05) is 13.8 Å². The Bertz CT molecular complexity index is 771. The lowest BCUT2D eigenvalue weighted by atomic mass is 10.1. The van der Waals surface area contributed by atoms with Gasteiger partial charge in [0.25, 0.3) is 0 Å². The van der Waals surface area contributed by atoms with Crippen LogP contribution in [0.2, 0.25) is 0 Å². The second-order valence-electron chi connectivity index (χ2n) is 7.56. The molecule has 0 atom stereocenters. The predicted molar refractivity (Wildman–Crippen MR) is 117 cm³/mol. The van der Waals surface area contributed by atoms with Crippen molar-refractivity contribution in [2.75, 3.05) is 43.4 Å². The zero-order valence-corrected chi connectivity index (χ0v) is 17.3. The van der Waals surface area contributed by atoms with E-state index in [2.05, 4.69) is 60.3 Å². The summed E-state index contributed by atoms with van der Waals surface area (Å²) >= 11 is 1.75. The van der Waals surface area contributed by atoms with Gasteiger partial charge in [-0.05, 0) is 61.9 Å². The molecule has 3 rings (SSSR count). The largest absolute Gasteiger partial charge is 0.369 e. The second-order valence-corrected chi connectivity index (χ2v) is 8.76. The highest BCUT2D eigenvalue weighted by molar-refractivity contribution is 7.12. The Hall–Kier alpha value is -2.11. The van der Waals surface area contributed by atoms with Crippen LogP contribution in [0.4, 0.5) is 11.4 Å². The van der Waals surface area contributed by atoms with Gasteiger partial charge in [-0.2, -0.15) is 0 Å². The second kappa shape index (κ2) is 9.20. The molecule has 27 heavy (non-hydrogen) atoms. The van der Waals surface area contributed by atoms with Gasteiger partial charge in [0.15, 0.2) is 0 Å². The molecule has 0 radical (unpaired) electrons. The van der Waals surface area contributed by atoms with Crippen molar-refractivity contribution in [3.63, 3.8) is 0 Å². The number of carbonyl (C=O) groups excluding carboxylic acids is 1. The van der Waals surface area contributed by atoms with E-state index in [1.54, 1.807) is 17.4 Å². The molecule has 0 aliphatic carbocycles. The van der Waals surface area contributed by atoms with Crippen molar-refractivity contribution >= 4 is 34.7 Å². The molecule has 1 fully saturated rings. The van der Waals surface area contributed by atoms with E-state index in [1.807, 2.05) is 18.2 Å². The average molecular weight is 384 g/mol. The molecule has 1 saturated heterocycles. The summed E-state index contributed by atoms with van der Waals surface area (Å²) in [6.07, 6.45) is 4.59. The first-order chi connectivity index (χ1) is 13.0. The number of nitrogens with zero attached hydrogens (tertiary/aromatic N) is 2. The van der Waals surface area contributed by atoms with Crippen LogP contribution in [-0.2, 0) is 11.2 Å². The molecule has 1 aromatic carbocycles. The number of piperazine rings is 1. The maximum Gasteiger partial charge on any atom is 0.248 e. The normalized spacial score (nSPS) is 15.6. The van der Waals surface area contributed by atoms with Gasteiger partial charge in [0.05, 0.1) is 0 Å². The molecule has 0 saturated carbocycles. The third-order valence-corrected chi connectivity index (χ3v) is 5.77. The Morgan fingerprint density at radius 1 is 1.11 bits per heavy atom. The number of rotatable bonds is 6. The van der Waals surface area contributed by atoms with Gasteiger partial charge in [0.2, 0.25) is 5.91 Å². The molecular weight excluding hydrogens is 354 g/mol. The zero-order valence-electron chi connectivity index (χ0n) is 16.4. The number of likely N-dealkylation sites (N-methyl/N-ethyl adjacent to an activating group) is 1. The van der Waals surface area contributed by atoms with E-state index in [1.165, 1.54) is 10.6 Å². The number of hydrogen-bond acceptors (Lipinski definition) is 4. The zero-order chi connectivity index (χ0) is 19.2. The molecule has 2 heterocycles. The van der Waals surface area contributed by atoms with Crippen molar-refractivity contribution in [2.45, 2.75) is 20.3 Å². The minimum absolute atomic E-state index is 0.0962. The van der Waals surface area contributed by atoms with Crippen molar-refractivity contribution in [2.24, 2.45) is 5.92 Å². The highest BCUT2D eigenvalue weighted by Gasteiger charge is 2.14. The lowest BCUT2D eigenvalue weighted by Crippen LogP contribution is -2.44. The highest BCUT2D eigenvalue weighted by Crippen LogP contribution is 2.22. The van der Waals surface area contributed by atoms with E-state index >= 15 is 0 Å².